The normalized spacial score (nSPS) is 29.0. The molecule has 0 radical (unpaired) electrons. The molecular weight excluding hydrogens is 206 g/mol. The summed E-state index contributed by atoms with van der Waals surface area (Å²) in [4.78, 5) is 22.2. The Hall–Kier alpha value is -1.34. The first kappa shape index (κ1) is 10.7. The highest BCUT2D eigenvalue weighted by Crippen LogP contribution is 2.32. The van der Waals surface area contributed by atoms with E-state index in [1.807, 2.05) is 0 Å². The summed E-state index contributed by atoms with van der Waals surface area (Å²) in [5.41, 5.74) is -0.0355. The maximum atomic E-state index is 11.4. The Morgan fingerprint density at radius 1 is 1.64 bits per heavy atom. The number of amidine groups is 1. The molecule has 6 nitrogen and oxygen atoms in total. The summed E-state index contributed by atoms with van der Waals surface area (Å²) >= 11 is 1.05. The number of hydrogen-bond acceptors (Lipinski definition) is 5. The predicted octanol–water partition coefficient (Wildman–Crippen LogP) is -0.118. The average molecular weight is 216 g/mol. The van der Waals surface area contributed by atoms with E-state index in [0.717, 1.165) is 11.8 Å². The van der Waals surface area contributed by atoms with Crippen molar-refractivity contribution in [2.24, 2.45) is 10.9 Å². The summed E-state index contributed by atoms with van der Waals surface area (Å²) in [7, 11) is 1.45. The van der Waals surface area contributed by atoms with E-state index in [0.29, 0.717) is 0 Å². The van der Waals surface area contributed by atoms with Crippen molar-refractivity contribution in [3.63, 3.8) is 0 Å². The van der Waals surface area contributed by atoms with Crippen molar-refractivity contribution < 1.29 is 19.2 Å². The lowest BCUT2D eigenvalue weighted by Gasteiger charge is -2.23. The van der Waals surface area contributed by atoms with Crippen LogP contribution < -0.4 is 5.84 Å². The van der Waals surface area contributed by atoms with E-state index in [1.165, 1.54) is 19.4 Å². The van der Waals surface area contributed by atoms with Gasteiger partial charge in [0.2, 0.25) is 5.70 Å². The Bertz CT molecular complexity index is 363. The fraction of sp³-hybridized carbons (Fsp3) is 0.286. The fourth-order valence-corrected chi connectivity index (χ4v) is 2.14. The smallest absolute Gasteiger partial charge is 0.392 e. The highest BCUT2D eigenvalue weighted by Gasteiger charge is 2.48. The number of aliphatic carboxylic acids is 1. The number of amides is 1. The molecule has 0 saturated heterocycles. The van der Waals surface area contributed by atoms with Gasteiger partial charge in [0, 0.05) is 0 Å². The minimum atomic E-state index is -1.14. The lowest BCUT2D eigenvalue weighted by molar-refractivity contribution is -0.688. The van der Waals surface area contributed by atoms with Crippen LogP contribution in [-0.2, 0) is 9.59 Å². The van der Waals surface area contributed by atoms with Gasteiger partial charge >= 0.3 is 11.9 Å². The molecule has 76 valence electrons. The van der Waals surface area contributed by atoms with Crippen LogP contribution in [0.2, 0.25) is 0 Å². The van der Waals surface area contributed by atoms with Crippen LogP contribution in [0.5, 0.6) is 0 Å². The van der Waals surface area contributed by atoms with E-state index in [2.05, 4.69) is 5.10 Å². The SMILES string of the molecule is CC(=O)[N+]1(C)C(C(=O)O)=CSC1=NN. The monoisotopic (exact) mass is 216 g/mol. The van der Waals surface area contributed by atoms with E-state index in [-0.39, 0.29) is 16.8 Å². The highest BCUT2D eigenvalue weighted by molar-refractivity contribution is 8.16. The molecule has 0 aliphatic carbocycles. The molecular formula is C7H10N3O3S+. The van der Waals surface area contributed by atoms with Crippen LogP contribution >= 0.6 is 11.8 Å². The molecule has 0 saturated carbocycles. The molecule has 0 bridgehead atoms. The Morgan fingerprint density at radius 3 is 2.57 bits per heavy atom. The first-order valence-corrected chi connectivity index (χ1v) is 4.59. The third-order valence-electron chi connectivity index (χ3n) is 2.10. The zero-order valence-electron chi connectivity index (χ0n) is 7.72. The quantitative estimate of drug-likeness (QED) is 0.362. The standard InChI is InChI=1S/C7H9N3O3S/c1-4(11)10(2)5(6(12)13)3-14-7(10)9-8/h3H,8H2,1-2H3/p+1. The summed E-state index contributed by atoms with van der Waals surface area (Å²) in [5.74, 6) is 3.60. The van der Waals surface area contributed by atoms with Crippen molar-refractivity contribution >= 4 is 28.8 Å². The maximum Gasteiger partial charge on any atom is 0.392 e. The van der Waals surface area contributed by atoms with Crippen LogP contribution in [-0.4, -0.2) is 33.7 Å². The molecule has 1 heterocycles. The van der Waals surface area contributed by atoms with E-state index in [1.54, 1.807) is 0 Å². The van der Waals surface area contributed by atoms with E-state index >= 15 is 0 Å². The molecule has 0 aromatic rings. The van der Waals surface area contributed by atoms with Crippen molar-refractivity contribution in [2.75, 3.05) is 7.05 Å². The predicted molar refractivity (Wildman–Crippen MR) is 51.8 cm³/mol. The summed E-state index contributed by atoms with van der Waals surface area (Å²) in [6.07, 6.45) is 0. The van der Waals surface area contributed by atoms with Crippen LogP contribution in [0.4, 0.5) is 0 Å². The van der Waals surface area contributed by atoms with Crippen LogP contribution in [0.15, 0.2) is 16.2 Å². The molecule has 0 aromatic carbocycles. The number of hydrogen-bond donors (Lipinski definition) is 2. The van der Waals surface area contributed by atoms with Gasteiger partial charge in [-0.15, -0.1) is 5.10 Å². The summed E-state index contributed by atoms with van der Waals surface area (Å²) in [5, 5.41) is 13.9. The number of nitrogens with two attached hydrogens (primary N) is 1. The van der Waals surface area contributed by atoms with Crippen molar-refractivity contribution in [1.82, 2.24) is 0 Å². The van der Waals surface area contributed by atoms with Gasteiger partial charge in [0.1, 0.15) is 0 Å². The fourth-order valence-electron chi connectivity index (χ4n) is 1.11. The van der Waals surface area contributed by atoms with E-state index < -0.39 is 10.5 Å². The second kappa shape index (κ2) is 3.43. The first-order chi connectivity index (χ1) is 6.44. The number of thioether (sulfide) groups is 1. The Balaban J connectivity index is 3.26. The Morgan fingerprint density at radius 2 is 2.21 bits per heavy atom. The molecule has 1 aliphatic heterocycles. The molecule has 1 amide bonds. The number of quaternary nitrogens is 1. The Labute approximate surface area is 84.6 Å². The third-order valence-corrected chi connectivity index (χ3v) is 3.12. The number of carboxylic acids is 1. The molecule has 1 rings (SSSR count). The number of rotatable bonds is 1. The van der Waals surface area contributed by atoms with Crippen LogP contribution in [0.25, 0.3) is 0 Å². The highest BCUT2D eigenvalue weighted by atomic mass is 32.2. The van der Waals surface area contributed by atoms with Crippen molar-refractivity contribution in [2.45, 2.75) is 6.92 Å². The van der Waals surface area contributed by atoms with Crippen LogP contribution in [0.3, 0.4) is 0 Å². The van der Waals surface area contributed by atoms with Crippen molar-refractivity contribution in [3.8, 4) is 0 Å². The van der Waals surface area contributed by atoms with Gasteiger partial charge < -0.3 is 10.9 Å². The number of carbonyl (C=O) groups excluding carboxylic acids is 1. The van der Waals surface area contributed by atoms with Gasteiger partial charge in [0.15, 0.2) is 0 Å². The van der Waals surface area contributed by atoms with E-state index in [9.17, 15) is 9.59 Å². The van der Waals surface area contributed by atoms with Gasteiger partial charge in [-0.05, 0) is 11.8 Å². The maximum absolute atomic E-state index is 11.4. The lowest BCUT2D eigenvalue weighted by atomic mass is 10.3. The van der Waals surface area contributed by atoms with Gasteiger partial charge in [-0.3, -0.25) is 0 Å². The number of carbonyl (C=O) groups is 2. The summed E-state index contributed by atoms with van der Waals surface area (Å²) in [6, 6.07) is 0. The van der Waals surface area contributed by atoms with E-state index in [4.69, 9.17) is 10.9 Å². The summed E-state index contributed by atoms with van der Waals surface area (Å²) < 4.78 is -0.476. The lowest BCUT2D eigenvalue weighted by Crippen LogP contribution is -2.50. The topological polar surface area (TPSA) is 92.8 Å². The molecule has 7 heteroatoms. The largest absolute Gasteiger partial charge is 0.474 e. The molecule has 1 aliphatic rings. The molecule has 1 atom stereocenters. The minimum Gasteiger partial charge on any atom is -0.474 e. The zero-order chi connectivity index (χ0) is 10.9. The Kier molecular flexibility index (Phi) is 2.63. The number of nitrogens with zero attached hydrogens (tertiary/aromatic N) is 2. The molecule has 0 fully saturated rings. The van der Waals surface area contributed by atoms with Gasteiger partial charge in [-0.2, -0.15) is 4.48 Å². The average Bonchev–Trinajstić information content (AvgIpc) is 2.43. The number of hydrazone groups is 1. The number of carboxylic acid groups (broad SMARTS) is 1. The van der Waals surface area contributed by atoms with Crippen molar-refractivity contribution in [1.29, 1.82) is 0 Å². The van der Waals surface area contributed by atoms with Gasteiger partial charge in [-0.1, -0.05) is 0 Å². The molecule has 3 N–H and O–H groups in total. The second-order valence-corrected chi connectivity index (χ2v) is 3.70. The van der Waals surface area contributed by atoms with Crippen molar-refractivity contribution in [3.05, 3.63) is 11.1 Å². The molecule has 0 spiro atoms. The molecule has 1 unspecified atom stereocenters. The number of likely N-dealkylation sites (N-methyl/N-ethyl adjacent to an activating group) is 1. The third kappa shape index (κ3) is 1.30. The summed E-state index contributed by atoms with van der Waals surface area (Å²) in [6.45, 7) is 1.30. The van der Waals surface area contributed by atoms with Crippen LogP contribution in [0, 0.1) is 0 Å². The first-order valence-electron chi connectivity index (χ1n) is 3.71. The van der Waals surface area contributed by atoms with Crippen LogP contribution in [0.1, 0.15) is 6.92 Å². The van der Waals surface area contributed by atoms with Gasteiger partial charge in [0.05, 0.1) is 19.4 Å². The van der Waals surface area contributed by atoms with Gasteiger partial charge in [0.25, 0.3) is 5.17 Å². The molecule has 14 heavy (non-hydrogen) atoms. The minimum absolute atomic E-state index is 0.0355. The molecule has 0 aromatic heterocycles. The second-order valence-electron chi connectivity index (χ2n) is 2.86. The zero-order valence-corrected chi connectivity index (χ0v) is 8.54. The van der Waals surface area contributed by atoms with Gasteiger partial charge in [-0.25, -0.2) is 9.59 Å².